The molecule has 5 nitrogen and oxygen atoms in total. The number of nitrogens with zero attached hydrogens (tertiary/aromatic N) is 3. The second kappa shape index (κ2) is 7.53. The number of nitrogens with one attached hydrogen (secondary N) is 1. The van der Waals surface area contributed by atoms with Gasteiger partial charge in [0.2, 0.25) is 0 Å². The number of fused-ring (bicyclic) bond motifs is 1. The molecule has 2 heterocycles. The van der Waals surface area contributed by atoms with Crippen molar-refractivity contribution < 1.29 is 4.79 Å². The largest absolute Gasteiger partial charge is 0.322 e. The van der Waals surface area contributed by atoms with Crippen LogP contribution in [-0.2, 0) is 13.0 Å². The van der Waals surface area contributed by atoms with Gasteiger partial charge in [-0.15, -0.1) is 10.2 Å². The van der Waals surface area contributed by atoms with Gasteiger partial charge in [0, 0.05) is 24.2 Å². The van der Waals surface area contributed by atoms with E-state index >= 15 is 0 Å². The van der Waals surface area contributed by atoms with Crippen molar-refractivity contribution in [3.63, 3.8) is 0 Å². The minimum atomic E-state index is -0.221. The number of rotatable bonds is 3. The van der Waals surface area contributed by atoms with Crippen LogP contribution in [0.5, 0.6) is 0 Å². The highest BCUT2D eigenvalue weighted by molar-refractivity contribution is 6.34. The third-order valence-corrected chi connectivity index (χ3v) is 5.30. The van der Waals surface area contributed by atoms with Crippen molar-refractivity contribution in [1.29, 1.82) is 0 Å². The lowest BCUT2D eigenvalue weighted by atomic mass is 10.1. The molecule has 27 heavy (non-hydrogen) atoms. The maximum absolute atomic E-state index is 12.6. The summed E-state index contributed by atoms with van der Waals surface area (Å²) in [5.41, 5.74) is 3.15. The Labute approximate surface area is 163 Å². The minimum Gasteiger partial charge on any atom is -0.322 e. The lowest BCUT2D eigenvalue weighted by Crippen LogP contribution is -2.13. The summed E-state index contributed by atoms with van der Waals surface area (Å²) in [7, 11) is 0. The third-order valence-electron chi connectivity index (χ3n) is 4.97. The second-order valence-electron chi connectivity index (χ2n) is 6.87. The normalized spacial score (nSPS) is 13.7. The van der Waals surface area contributed by atoms with Crippen LogP contribution in [0.25, 0.3) is 11.4 Å². The topological polar surface area (TPSA) is 59.8 Å². The molecule has 0 spiro atoms. The molecule has 4 rings (SSSR count). The van der Waals surface area contributed by atoms with Crippen molar-refractivity contribution in [3.8, 4) is 11.4 Å². The number of aryl methyl sites for hydroxylation is 2. The molecule has 138 valence electrons. The Morgan fingerprint density at radius 2 is 1.96 bits per heavy atom. The van der Waals surface area contributed by atoms with Gasteiger partial charge in [-0.1, -0.05) is 42.3 Å². The predicted molar refractivity (Wildman–Crippen MR) is 107 cm³/mol. The van der Waals surface area contributed by atoms with E-state index in [1.54, 1.807) is 18.2 Å². The Kier molecular flexibility index (Phi) is 4.94. The van der Waals surface area contributed by atoms with Crippen LogP contribution in [0.15, 0.2) is 42.5 Å². The Morgan fingerprint density at radius 3 is 2.81 bits per heavy atom. The van der Waals surface area contributed by atoms with Gasteiger partial charge in [-0.2, -0.15) is 0 Å². The molecular weight excluding hydrogens is 360 g/mol. The zero-order valence-corrected chi connectivity index (χ0v) is 16.0. The third kappa shape index (κ3) is 3.60. The maximum Gasteiger partial charge on any atom is 0.257 e. The van der Waals surface area contributed by atoms with Crippen molar-refractivity contribution in [2.24, 2.45) is 0 Å². The monoisotopic (exact) mass is 380 g/mol. The summed E-state index contributed by atoms with van der Waals surface area (Å²) >= 11 is 6.15. The summed E-state index contributed by atoms with van der Waals surface area (Å²) in [5.74, 6) is 1.69. The molecule has 2 aromatic carbocycles. The fourth-order valence-electron chi connectivity index (χ4n) is 3.43. The molecular formula is C21H21ClN4O. The summed E-state index contributed by atoms with van der Waals surface area (Å²) in [6.45, 7) is 2.91. The number of hydrogen-bond acceptors (Lipinski definition) is 3. The summed E-state index contributed by atoms with van der Waals surface area (Å²) < 4.78 is 2.21. The number of carbonyl (C=O) groups excluding carboxylic acids is 1. The van der Waals surface area contributed by atoms with Gasteiger partial charge < -0.3 is 9.88 Å². The van der Waals surface area contributed by atoms with E-state index < -0.39 is 0 Å². The summed E-state index contributed by atoms with van der Waals surface area (Å²) in [4.78, 5) is 12.6. The summed E-state index contributed by atoms with van der Waals surface area (Å²) in [6.07, 6.45) is 4.48. The maximum atomic E-state index is 12.6. The molecule has 6 heteroatoms. The molecule has 0 saturated carbocycles. The number of halogens is 1. The van der Waals surface area contributed by atoms with E-state index in [-0.39, 0.29) is 5.91 Å². The van der Waals surface area contributed by atoms with Crippen molar-refractivity contribution in [1.82, 2.24) is 14.8 Å². The van der Waals surface area contributed by atoms with E-state index in [0.29, 0.717) is 10.6 Å². The van der Waals surface area contributed by atoms with Crippen LogP contribution in [0.3, 0.4) is 0 Å². The highest BCUT2D eigenvalue weighted by Gasteiger charge is 2.17. The van der Waals surface area contributed by atoms with Crippen LogP contribution in [-0.4, -0.2) is 20.7 Å². The van der Waals surface area contributed by atoms with Crippen molar-refractivity contribution in [2.45, 2.75) is 39.2 Å². The van der Waals surface area contributed by atoms with E-state index in [0.717, 1.165) is 54.3 Å². The van der Waals surface area contributed by atoms with Crippen LogP contribution in [0, 0.1) is 6.92 Å². The van der Waals surface area contributed by atoms with Crippen LogP contribution < -0.4 is 5.32 Å². The van der Waals surface area contributed by atoms with Gasteiger partial charge in [-0.05, 0) is 43.5 Å². The van der Waals surface area contributed by atoms with E-state index in [1.165, 1.54) is 6.42 Å². The highest BCUT2D eigenvalue weighted by atomic mass is 35.5. The quantitative estimate of drug-likeness (QED) is 0.704. The second-order valence-corrected chi connectivity index (χ2v) is 7.27. The van der Waals surface area contributed by atoms with E-state index in [1.807, 2.05) is 31.2 Å². The smallest absolute Gasteiger partial charge is 0.257 e. The van der Waals surface area contributed by atoms with Gasteiger partial charge in [0.05, 0.1) is 10.6 Å². The molecule has 0 saturated heterocycles. The molecule has 1 N–H and O–H groups in total. The first kappa shape index (κ1) is 17.7. The van der Waals surface area contributed by atoms with Gasteiger partial charge >= 0.3 is 0 Å². The number of benzene rings is 2. The molecule has 0 unspecified atom stereocenters. The lowest BCUT2D eigenvalue weighted by molar-refractivity contribution is 0.102. The van der Waals surface area contributed by atoms with Gasteiger partial charge in [0.1, 0.15) is 5.82 Å². The first-order valence-electron chi connectivity index (χ1n) is 9.22. The number of aromatic nitrogens is 3. The average Bonchev–Trinajstić information content (AvgIpc) is 2.92. The number of hydrogen-bond donors (Lipinski definition) is 1. The van der Waals surface area contributed by atoms with E-state index in [4.69, 9.17) is 11.6 Å². The van der Waals surface area contributed by atoms with Gasteiger partial charge in [0.15, 0.2) is 5.82 Å². The number of carbonyl (C=O) groups is 1. The van der Waals surface area contributed by atoms with Gasteiger partial charge in [0.25, 0.3) is 5.91 Å². The van der Waals surface area contributed by atoms with Gasteiger partial charge in [-0.3, -0.25) is 4.79 Å². The van der Waals surface area contributed by atoms with Crippen LogP contribution in [0.4, 0.5) is 5.69 Å². The zero-order valence-electron chi connectivity index (χ0n) is 15.2. The zero-order chi connectivity index (χ0) is 18.8. The molecule has 1 amide bonds. The lowest BCUT2D eigenvalue weighted by Gasteiger charge is -2.12. The molecule has 0 atom stereocenters. The molecule has 0 radical (unpaired) electrons. The van der Waals surface area contributed by atoms with E-state index in [9.17, 15) is 4.79 Å². The van der Waals surface area contributed by atoms with Crippen LogP contribution >= 0.6 is 11.6 Å². The summed E-state index contributed by atoms with van der Waals surface area (Å²) in [6, 6.07) is 13.0. The van der Waals surface area contributed by atoms with Gasteiger partial charge in [-0.25, -0.2) is 0 Å². The average molecular weight is 381 g/mol. The Hall–Kier alpha value is -2.66. The molecule has 0 bridgehead atoms. The fourth-order valence-corrected chi connectivity index (χ4v) is 3.65. The van der Waals surface area contributed by atoms with Crippen molar-refractivity contribution >= 4 is 23.2 Å². The Balaban J connectivity index is 1.66. The SMILES string of the molecule is Cc1ccc(-c2nnc3n2CCCCC3)cc1NC(=O)c1ccccc1Cl. The number of anilines is 1. The first-order chi connectivity index (χ1) is 13.1. The molecule has 1 aliphatic rings. The molecule has 0 fully saturated rings. The molecule has 1 aromatic heterocycles. The first-order valence-corrected chi connectivity index (χ1v) is 9.60. The Morgan fingerprint density at radius 1 is 1.11 bits per heavy atom. The highest BCUT2D eigenvalue weighted by Crippen LogP contribution is 2.27. The molecule has 1 aliphatic heterocycles. The standard InChI is InChI=1S/C21H21ClN4O/c1-14-10-11-15(20-25-24-19-9-3-2-6-12-26(19)20)13-18(14)23-21(27)16-7-4-5-8-17(16)22/h4-5,7-8,10-11,13H,2-3,6,9,12H2,1H3,(H,23,27). The molecule has 3 aromatic rings. The van der Waals surface area contributed by atoms with E-state index in [2.05, 4.69) is 20.1 Å². The fraction of sp³-hybridized carbons (Fsp3) is 0.286. The van der Waals surface area contributed by atoms with Crippen LogP contribution in [0.2, 0.25) is 5.02 Å². The van der Waals surface area contributed by atoms with Crippen molar-refractivity contribution in [2.75, 3.05) is 5.32 Å². The number of amides is 1. The van der Waals surface area contributed by atoms with Crippen LogP contribution in [0.1, 0.15) is 41.0 Å². The predicted octanol–water partition coefficient (Wildman–Crippen LogP) is 4.89. The summed E-state index contributed by atoms with van der Waals surface area (Å²) in [5, 5.41) is 12.2. The molecule has 0 aliphatic carbocycles. The Bertz CT molecular complexity index is 996. The minimum absolute atomic E-state index is 0.221. The van der Waals surface area contributed by atoms with Crippen molar-refractivity contribution in [3.05, 3.63) is 64.4 Å².